The van der Waals surface area contributed by atoms with Crippen LogP contribution in [0.5, 0.6) is 0 Å². The molecule has 12 heteroatoms. The quantitative estimate of drug-likeness (QED) is 0.175. The van der Waals surface area contributed by atoms with Crippen LogP contribution in [0.25, 0.3) is 54.7 Å². The Hall–Kier alpha value is -12.4. The van der Waals surface area contributed by atoms with Crippen LogP contribution in [0.2, 0.25) is 0 Å². The maximum absolute atomic E-state index is 10.5. The molecule has 3 aromatic carbocycles. The van der Waals surface area contributed by atoms with Crippen LogP contribution in [-0.4, -0.2) is 55.0 Å². The van der Waals surface area contributed by atoms with Gasteiger partial charge in [-0.1, -0.05) is 235 Å². The number of aromatic nitrogens is 7. The lowest BCUT2D eigenvalue weighted by atomic mass is 10.1. The predicted octanol–water partition coefficient (Wildman–Crippen LogP) is 29.8. The minimum Gasteiger partial charge on any atom is -0.501 e. The number of thiophene rings is 1. The monoisotopic (exact) mass is 1770 g/mol. The highest BCUT2D eigenvalue weighted by molar-refractivity contribution is 7.13. The van der Waals surface area contributed by atoms with Gasteiger partial charge < -0.3 is 15.4 Å². The standard InChI is InChI=1S/C12H14.C11H12O.C11H12.3C10H11N.2C9H10N2.C9H10S.C8H11NO.C7H11N.2C7H10/c1-3-10-7-11-5-4-9(2)6-12(11)8-10;1-8-3-4-9-6-11(12-2)7-10(9)5-8;1-8-3-4-10-6-9(2)7-11(10)5-8;1-7-3-9-4-8(2)6-11-10(9)5-7;1-7-3-9-5-8(2)11-6-10(9)4-7;1-7-5-9-4-3-8(2)11-10(9)6-7;1-6-3-8-5-10-7(2)11-9(8)4-6;1-6-3-8-9(4-6)11-7(2)5-10-8;1-6-3-8-5-7(2)10-9(8)4-6;1-6-3-4-8(5-6)9-7(2)10;1-6-3-4-7(5-6)8-2;2*1-6-3-4-7(2)5-6/h4-7H,3,8H2,1-2H3;3-6H,7H2,1-2H3;3-6H,7H2,1-2H3;2*4-6H,3H2,1-2H3;3-5H,6H2,1-2H3;2*3,5H,4H2,1-2H3;4-5H,3H2,1-2H3;3-4H,5H2,1-2H3,(H,9,10);3-4,8H,5H2,1-2H3;3,5H,4H2,1-2H3;3-4H,5H2,1-2H3. The summed E-state index contributed by atoms with van der Waals surface area (Å²) in [5.41, 5.74) is 53.4. The Kier molecular flexibility index (Phi) is 37.9. The molecule has 0 spiro atoms. The van der Waals surface area contributed by atoms with E-state index < -0.39 is 0 Å². The second-order valence-corrected chi connectivity index (χ2v) is 38.9. The topological polar surface area (TPSA) is 141 Å². The number of ether oxygens (including phenoxy) is 1. The zero-order valence-corrected chi connectivity index (χ0v) is 84.8. The first-order valence-corrected chi connectivity index (χ1v) is 47.7. The van der Waals surface area contributed by atoms with Crippen LogP contribution in [0.4, 0.5) is 0 Å². The second-order valence-electron chi connectivity index (χ2n) is 37.6. The second kappa shape index (κ2) is 49.2. The van der Waals surface area contributed by atoms with Crippen LogP contribution in [-0.2, 0) is 67.3 Å². The number of carbonyl (C=O) groups excluding carboxylic acids is 1. The highest BCUT2D eigenvalue weighted by Gasteiger charge is 2.19. The van der Waals surface area contributed by atoms with Crippen molar-refractivity contribution in [1.82, 2.24) is 45.5 Å². The van der Waals surface area contributed by atoms with Gasteiger partial charge in [0.2, 0.25) is 5.91 Å². The SMILES string of the molecule is CC(=O)NC1=CC=C(C)C1.CC1=CC=C(C)C1.CC1=CCC(C)=C1.CC1=Cc2ccc(C)cc2C1.CC1=Cc2ccc(C)nc2C1.CC1=Cc2cnc(C)cc2C1.CC1=Cc2cnc(C)nc2C1.CC1=Cc2ncc(C)cc2C1.CC1=Cc2ncc(C)nc2C1.CC1=Cc2sc(C)cc2C1.CCC1=Cc2ccc(C)cc2C1.CNC1=CC=C(C)C1.COC1=Cc2ccc(C)cc2C1. The molecule has 6 heterocycles. The first-order valence-electron chi connectivity index (χ1n) is 46.9. The van der Waals surface area contributed by atoms with Crippen LogP contribution in [0.15, 0.2) is 254 Å². The average Bonchev–Trinajstić information content (AvgIpc) is 1.67. The van der Waals surface area contributed by atoms with Crippen molar-refractivity contribution in [2.45, 2.75) is 256 Å². The van der Waals surface area contributed by atoms with Crippen LogP contribution in [0, 0.1) is 62.3 Å². The molecule has 0 fully saturated rings. The number of aryl methyl sites for hydroxylation is 9. The predicted molar refractivity (Wildman–Crippen MR) is 565 cm³/mol. The van der Waals surface area contributed by atoms with Crippen molar-refractivity contribution in [3.05, 3.63) is 404 Å². The molecule has 22 rings (SSSR count). The molecular formula is C120H143N9O2S. The molecule has 686 valence electrons. The summed E-state index contributed by atoms with van der Waals surface area (Å²) in [6, 6.07) is 30.8. The van der Waals surface area contributed by atoms with Crippen molar-refractivity contribution >= 4 is 71.9 Å². The Morgan fingerprint density at radius 1 is 0.356 bits per heavy atom. The van der Waals surface area contributed by atoms with Gasteiger partial charge in [0.1, 0.15) is 11.6 Å². The lowest BCUT2D eigenvalue weighted by Gasteiger charge is -2.01. The third kappa shape index (κ3) is 32.6. The molecule has 0 unspecified atom stereocenters. The average molecular weight is 1780 g/mol. The van der Waals surface area contributed by atoms with Crippen LogP contribution < -0.4 is 10.6 Å². The van der Waals surface area contributed by atoms with E-state index in [9.17, 15) is 4.79 Å². The van der Waals surface area contributed by atoms with Crippen molar-refractivity contribution in [3.8, 4) is 0 Å². The molecule has 0 bridgehead atoms. The molecule has 11 nitrogen and oxygen atoms in total. The molecule has 13 aliphatic rings. The Labute approximate surface area is 795 Å². The van der Waals surface area contributed by atoms with Crippen molar-refractivity contribution in [2.75, 3.05) is 14.2 Å². The summed E-state index contributed by atoms with van der Waals surface area (Å²) in [7, 11) is 3.68. The third-order valence-electron chi connectivity index (χ3n) is 23.6. The van der Waals surface area contributed by atoms with E-state index in [2.05, 4.69) is 346 Å². The van der Waals surface area contributed by atoms with Crippen LogP contribution >= 0.6 is 11.3 Å². The van der Waals surface area contributed by atoms with Crippen LogP contribution in [0.3, 0.4) is 0 Å². The number of carbonyl (C=O) groups is 1. The first-order chi connectivity index (χ1) is 62.9. The number of nitrogens with one attached hydrogen (secondary N) is 2. The highest BCUT2D eigenvalue weighted by Crippen LogP contribution is 2.34. The number of methoxy groups -OCH3 is 1. The zero-order valence-electron chi connectivity index (χ0n) is 84.0. The normalized spacial score (nSPS) is 15.3. The zero-order chi connectivity index (χ0) is 95.4. The molecule has 0 saturated carbocycles. The number of amides is 1. The maximum atomic E-state index is 10.5. The molecule has 132 heavy (non-hydrogen) atoms. The summed E-state index contributed by atoms with van der Waals surface area (Å²) in [6.45, 7) is 50.3. The Balaban J connectivity index is 0.000000149. The summed E-state index contributed by atoms with van der Waals surface area (Å²) in [5.74, 6) is 1.94. The van der Waals surface area contributed by atoms with Gasteiger partial charge in [-0.05, 0) is 325 Å². The van der Waals surface area contributed by atoms with E-state index in [1.165, 1.54) is 227 Å². The number of pyridine rings is 3. The van der Waals surface area contributed by atoms with Gasteiger partial charge in [0.15, 0.2) is 0 Å². The fourth-order valence-electron chi connectivity index (χ4n) is 17.1. The Morgan fingerprint density at radius 2 is 0.833 bits per heavy atom. The third-order valence-corrected chi connectivity index (χ3v) is 24.7. The van der Waals surface area contributed by atoms with E-state index in [4.69, 9.17) is 4.74 Å². The van der Waals surface area contributed by atoms with E-state index in [1.807, 2.05) is 89.9 Å². The number of hydrogen-bond acceptors (Lipinski definition) is 11. The van der Waals surface area contributed by atoms with Crippen molar-refractivity contribution in [1.29, 1.82) is 0 Å². The van der Waals surface area contributed by atoms with Crippen molar-refractivity contribution in [2.24, 2.45) is 0 Å². The van der Waals surface area contributed by atoms with Gasteiger partial charge in [-0.3, -0.25) is 29.7 Å². The summed E-state index contributed by atoms with van der Waals surface area (Å²) in [5, 5.41) is 5.85. The first kappa shape index (κ1) is 102. The number of benzene rings is 3. The summed E-state index contributed by atoms with van der Waals surface area (Å²) < 4.78 is 5.19. The summed E-state index contributed by atoms with van der Waals surface area (Å²) >= 11 is 1.90. The number of rotatable bonds is 4. The van der Waals surface area contributed by atoms with Gasteiger partial charge in [-0.2, -0.15) is 0 Å². The van der Waals surface area contributed by atoms with Gasteiger partial charge in [0.05, 0.1) is 41.3 Å². The Bertz CT molecular complexity index is 5690. The molecule has 0 radical (unpaired) electrons. The molecule has 1 amide bonds. The van der Waals surface area contributed by atoms with Crippen LogP contribution in [0.1, 0.15) is 286 Å². The summed E-state index contributed by atoms with van der Waals surface area (Å²) in [4.78, 5) is 43.6. The smallest absolute Gasteiger partial charge is 0.221 e. The summed E-state index contributed by atoms with van der Waals surface area (Å²) in [6.07, 6.45) is 59.7. The Morgan fingerprint density at radius 3 is 1.39 bits per heavy atom. The molecular weight excluding hydrogens is 1630 g/mol. The molecule has 6 aromatic heterocycles. The minimum absolute atomic E-state index is 0.00866. The molecule has 0 atom stereocenters. The van der Waals surface area contributed by atoms with Gasteiger partial charge in [0, 0.05) is 115 Å². The maximum Gasteiger partial charge on any atom is 0.221 e. The lowest BCUT2D eigenvalue weighted by Crippen LogP contribution is -2.17. The molecule has 0 saturated heterocycles. The number of fused-ring (bicyclic) bond motifs is 9. The van der Waals surface area contributed by atoms with Gasteiger partial charge in [-0.15, -0.1) is 11.3 Å². The fraction of sp³-hybridized carbons (Fsp3) is 0.333. The van der Waals surface area contributed by atoms with E-state index in [-0.39, 0.29) is 5.91 Å². The number of nitrogens with zero attached hydrogens (tertiary/aromatic N) is 7. The number of hydrogen-bond donors (Lipinski definition) is 2. The van der Waals surface area contributed by atoms with Gasteiger partial charge >= 0.3 is 0 Å². The molecule has 13 aliphatic carbocycles. The van der Waals surface area contributed by atoms with Gasteiger partial charge in [0.25, 0.3) is 0 Å². The van der Waals surface area contributed by atoms with E-state index >= 15 is 0 Å². The molecule has 2 N–H and O–H groups in total. The van der Waals surface area contributed by atoms with Crippen molar-refractivity contribution in [3.63, 3.8) is 0 Å². The highest BCUT2D eigenvalue weighted by atomic mass is 32.1. The lowest BCUT2D eigenvalue weighted by molar-refractivity contribution is -0.118. The van der Waals surface area contributed by atoms with E-state index in [0.29, 0.717) is 0 Å². The van der Waals surface area contributed by atoms with Gasteiger partial charge in [-0.25, -0.2) is 9.97 Å². The van der Waals surface area contributed by atoms with E-state index in [0.717, 1.165) is 109 Å². The number of allylic oxidation sites excluding steroid dienone is 23. The largest absolute Gasteiger partial charge is 0.501 e. The molecule has 9 aromatic rings. The minimum atomic E-state index is 0.00866. The molecule has 0 aliphatic heterocycles. The van der Waals surface area contributed by atoms with E-state index in [1.54, 1.807) is 12.7 Å². The van der Waals surface area contributed by atoms with Crippen molar-refractivity contribution < 1.29 is 9.53 Å². The fourth-order valence-corrected chi connectivity index (χ4v) is 18.2.